The first kappa shape index (κ1) is 12.1. The highest BCUT2D eigenvalue weighted by molar-refractivity contribution is 7.98. The smallest absolute Gasteiger partial charge is 0.0805 e. The lowest BCUT2D eigenvalue weighted by molar-refractivity contribution is 0.781. The minimum atomic E-state index is 0.799. The highest BCUT2D eigenvalue weighted by Gasteiger charge is 2.07. The van der Waals surface area contributed by atoms with E-state index >= 15 is 0 Å². The number of anilines is 1. The fourth-order valence-electron chi connectivity index (χ4n) is 2.11. The molecule has 3 aromatic rings. The summed E-state index contributed by atoms with van der Waals surface area (Å²) in [5.41, 5.74) is 8.79. The van der Waals surface area contributed by atoms with Crippen LogP contribution in [0.4, 0.5) is 5.69 Å². The molecular weight excluding hydrogens is 254 g/mol. The predicted molar refractivity (Wildman–Crippen MR) is 81.1 cm³/mol. The Hall–Kier alpha value is -1.94. The number of aromatic nitrogens is 2. The molecule has 3 nitrogen and oxygen atoms in total. The van der Waals surface area contributed by atoms with Gasteiger partial charge in [0.05, 0.1) is 11.2 Å². The van der Waals surface area contributed by atoms with Gasteiger partial charge in [-0.25, -0.2) is 0 Å². The average molecular weight is 269 g/mol. The predicted octanol–water partition coefficient (Wildman–Crippen LogP) is 3.45. The Kier molecular flexibility index (Phi) is 3.17. The number of benzene rings is 2. The molecule has 0 unspecified atom stereocenters. The van der Waals surface area contributed by atoms with Gasteiger partial charge in [-0.1, -0.05) is 18.2 Å². The third kappa shape index (κ3) is 2.44. The van der Waals surface area contributed by atoms with Gasteiger partial charge in [-0.2, -0.15) is 5.10 Å². The molecular formula is C15H15N3S. The number of para-hydroxylation sites is 1. The summed E-state index contributed by atoms with van der Waals surface area (Å²) in [6.07, 6.45) is 0. The highest BCUT2D eigenvalue weighted by atomic mass is 32.2. The molecule has 0 bridgehead atoms. The fraction of sp³-hybridized carbons (Fsp3) is 0.133. The summed E-state index contributed by atoms with van der Waals surface area (Å²) < 4.78 is 1.94. The van der Waals surface area contributed by atoms with Crippen LogP contribution < -0.4 is 5.73 Å². The number of nitrogens with zero attached hydrogens (tertiary/aromatic N) is 2. The van der Waals surface area contributed by atoms with Crippen LogP contribution in [0.25, 0.3) is 10.9 Å². The van der Waals surface area contributed by atoms with Gasteiger partial charge in [-0.15, -0.1) is 11.8 Å². The molecule has 0 amide bonds. The number of nitrogens with two attached hydrogens (primary N) is 1. The first-order valence-corrected chi connectivity index (χ1v) is 7.11. The van der Waals surface area contributed by atoms with Crippen LogP contribution in [-0.4, -0.2) is 9.78 Å². The average Bonchev–Trinajstić information content (AvgIpc) is 2.76. The molecule has 2 N–H and O–H groups in total. The second kappa shape index (κ2) is 4.97. The summed E-state index contributed by atoms with van der Waals surface area (Å²) in [6.45, 7) is 0. The number of thioether (sulfide) groups is 1. The van der Waals surface area contributed by atoms with Crippen molar-refractivity contribution in [3.63, 3.8) is 0 Å². The molecule has 0 fully saturated rings. The van der Waals surface area contributed by atoms with Crippen molar-refractivity contribution >= 4 is 28.4 Å². The summed E-state index contributed by atoms with van der Waals surface area (Å²) in [6, 6.07) is 16.3. The van der Waals surface area contributed by atoms with Crippen molar-refractivity contribution in [2.45, 2.75) is 10.6 Å². The van der Waals surface area contributed by atoms with E-state index in [0.29, 0.717) is 0 Å². The molecule has 1 aromatic heterocycles. The van der Waals surface area contributed by atoms with E-state index < -0.39 is 0 Å². The van der Waals surface area contributed by atoms with Gasteiger partial charge in [-0.3, -0.25) is 4.68 Å². The SMILES string of the molecule is Cn1nc(CSc2ccc(N)cc2)c2ccccc21. The number of nitrogen functional groups attached to an aromatic ring is 1. The molecule has 0 aliphatic carbocycles. The summed E-state index contributed by atoms with van der Waals surface area (Å²) in [5.74, 6) is 0.866. The molecule has 0 aliphatic heterocycles. The van der Waals surface area contributed by atoms with E-state index in [2.05, 4.69) is 23.3 Å². The standard InChI is InChI=1S/C15H15N3S/c1-18-15-5-3-2-4-13(15)14(17-18)10-19-12-8-6-11(16)7-9-12/h2-9H,10,16H2,1H3. The zero-order valence-corrected chi connectivity index (χ0v) is 11.5. The fourth-order valence-corrected chi connectivity index (χ4v) is 2.96. The molecule has 0 saturated heterocycles. The van der Waals surface area contributed by atoms with E-state index in [0.717, 1.165) is 17.1 Å². The Morgan fingerprint density at radius 2 is 1.84 bits per heavy atom. The Balaban J connectivity index is 1.84. The quantitative estimate of drug-likeness (QED) is 0.585. The minimum absolute atomic E-state index is 0.799. The monoisotopic (exact) mass is 269 g/mol. The van der Waals surface area contributed by atoms with Gasteiger partial charge >= 0.3 is 0 Å². The molecule has 0 radical (unpaired) electrons. The molecule has 96 valence electrons. The minimum Gasteiger partial charge on any atom is -0.399 e. The molecule has 3 rings (SSSR count). The molecule has 19 heavy (non-hydrogen) atoms. The van der Waals surface area contributed by atoms with Gasteiger partial charge in [0.15, 0.2) is 0 Å². The Bertz CT molecular complexity index is 701. The normalized spacial score (nSPS) is 11.0. The molecule has 0 aliphatic rings. The Labute approximate surface area is 116 Å². The number of hydrogen-bond donors (Lipinski definition) is 1. The topological polar surface area (TPSA) is 43.8 Å². The van der Waals surface area contributed by atoms with Crippen LogP contribution in [0.2, 0.25) is 0 Å². The summed E-state index contributed by atoms with van der Waals surface area (Å²) in [7, 11) is 1.99. The van der Waals surface area contributed by atoms with Crippen molar-refractivity contribution in [2.75, 3.05) is 5.73 Å². The zero-order valence-electron chi connectivity index (χ0n) is 10.7. The van der Waals surface area contributed by atoms with Gasteiger partial charge in [0.1, 0.15) is 0 Å². The maximum absolute atomic E-state index is 5.69. The van der Waals surface area contributed by atoms with Crippen LogP contribution in [0.3, 0.4) is 0 Å². The lowest BCUT2D eigenvalue weighted by Crippen LogP contribution is -1.90. The van der Waals surface area contributed by atoms with Crippen molar-refractivity contribution in [2.24, 2.45) is 7.05 Å². The van der Waals surface area contributed by atoms with Gasteiger partial charge in [-0.05, 0) is 30.3 Å². The molecule has 4 heteroatoms. The molecule has 0 saturated carbocycles. The highest BCUT2D eigenvalue weighted by Crippen LogP contribution is 2.26. The largest absolute Gasteiger partial charge is 0.399 e. The van der Waals surface area contributed by atoms with E-state index in [1.165, 1.54) is 15.8 Å². The van der Waals surface area contributed by atoms with Gasteiger partial charge < -0.3 is 5.73 Å². The van der Waals surface area contributed by atoms with E-state index in [-0.39, 0.29) is 0 Å². The van der Waals surface area contributed by atoms with Gasteiger partial charge in [0, 0.05) is 28.8 Å². The van der Waals surface area contributed by atoms with Crippen molar-refractivity contribution in [3.05, 3.63) is 54.2 Å². The van der Waals surface area contributed by atoms with E-state index in [9.17, 15) is 0 Å². The number of aryl methyl sites for hydroxylation is 1. The summed E-state index contributed by atoms with van der Waals surface area (Å²) >= 11 is 1.78. The van der Waals surface area contributed by atoms with Crippen LogP contribution in [0.1, 0.15) is 5.69 Å². The number of hydrogen-bond acceptors (Lipinski definition) is 3. The van der Waals surface area contributed by atoms with Crippen LogP contribution in [0.15, 0.2) is 53.4 Å². The number of fused-ring (bicyclic) bond motifs is 1. The van der Waals surface area contributed by atoms with E-state index in [4.69, 9.17) is 5.73 Å². The van der Waals surface area contributed by atoms with Crippen molar-refractivity contribution < 1.29 is 0 Å². The lowest BCUT2D eigenvalue weighted by Gasteiger charge is -2.00. The van der Waals surface area contributed by atoms with Crippen molar-refractivity contribution in [1.29, 1.82) is 0 Å². The second-order valence-corrected chi connectivity index (χ2v) is 5.49. The van der Waals surface area contributed by atoms with Crippen molar-refractivity contribution in [3.8, 4) is 0 Å². The van der Waals surface area contributed by atoms with Crippen LogP contribution in [0.5, 0.6) is 0 Å². The molecule has 2 aromatic carbocycles. The van der Waals surface area contributed by atoms with Crippen molar-refractivity contribution in [1.82, 2.24) is 9.78 Å². The van der Waals surface area contributed by atoms with Gasteiger partial charge in [0.2, 0.25) is 0 Å². The van der Waals surface area contributed by atoms with Gasteiger partial charge in [0.25, 0.3) is 0 Å². The summed E-state index contributed by atoms with van der Waals surface area (Å²) in [4.78, 5) is 1.21. The Morgan fingerprint density at radius 1 is 1.11 bits per heavy atom. The van der Waals surface area contributed by atoms with E-state index in [1.54, 1.807) is 11.8 Å². The molecule has 0 spiro atoms. The summed E-state index contributed by atoms with van der Waals surface area (Å²) in [5, 5.41) is 5.82. The zero-order chi connectivity index (χ0) is 13.2. The second-order valence-electron chi connectivity index (χ2n) is 4.45. The third-order valence-electron chi connectivity index (χ3n) is 3.09. The Morgan fingerprint density at radius 3 is 2.63 bits per heavy atom. The lowest BCUT2D eigenvalue weighted by atomic mass is 10.2. The molecule has 1 heterocycles. The maximum atomic E-state index is 5.69. The third-order valence-corrected chi connectivity index (χ3v) is 4.11. The first-order valence-electron chi connectivity index (χ1n) is 6.13. The molecule has 0 atom stereocenters. The van der Waals surface area contributed by atoms with Crippen LogP contribution >= 0.6 is 11.8 Å². The maximum Gasteiger partial charge on any atom is 0.0805 e. The first-order chi connectivity index (χ1) is 9.24. The number of rotatable bonds is 3. The van der Waals surface area contributed by atoms with E-state index in [1.807, 2.05) is 42.1 Å². The van der Waals surface area contributed by atoms with Crippen LogP contribution in [-0.2, 0) is 12.8 Å². The van der Waals surface area contributed by atoms with Crippen LogP contribution in [0, 0.1) is 0 Å².